The summed E-state index contributed by atoms with van der Waals surface area (Å²) in [4.78, 5) is 30.6. The molecule has 1 N–H and O–H groups in total. The summed E-state index contributed by atoms with van der Waals surface area (Å²) in [6.45, 7) is 2.83. The van der Waals surface area contributed by atoms with Gasteiger partial charge in [-0.25, -0.2) is 9.18 Å². The molecule has 0 fully saturated rings. The highest BCUT2D eigenvalue weighted by molar-refractivity contribution is 7.10. The Morgan fingerprint density at radius 2 is 2.06 bits per heavy atom. The van der Waals surface area contributed by atoms with Crippen LogP contribution in [0.25, 0.3) is 0 Å². The van der Waals surface area contributed by atoms with Gasteiger partial charge in [-0.3, -0.25) is 4.79 Å². The Labute approximate surface area is 206 Å². The van der Waals surface area contributed by atoms with E-state index in [-0.39, 0.29) is 36.9 Å². The Balaban J connectivity index is 1.46. The number of rotatable bonds is 7. The molecule has 0 bridgehead atoms. The molecule has 0 aliphatic carbocycles. The summed E-state index contributed by atoms with van der Waals surface area (Å²) < 4.78 is 19.4. The first-order valence-electron chi connectivity index (χ1n) is 11.0. The lowest BCUT2D eigenvalue weighted by Gasteiger charge is -2.37. The SMILES string of the molecule is CCN(CC(=O)N1CCc2sccc2C1COc1cccc(F)c1)C(=O)Nc1cccc(Cl)c1. The van der Waals surface area contributed by atoms with Gasteiger partial charge in [0, 0.05) is 34.7 Å². The molecule has 1 aromatic heterocycles. The maximum Gasteiger partial charge on any atom is 0.322 e. The Hall–Kier alpha value is -3.10. The topological polar surface area (TPSA) is 61.9 Å². The lowest BCUT2D eigenvalue weighted by atomic mass is 10.0. The number of benzene rings is 2. The molecule has 0 saturated heterocycles. The predicted octanol–water partition coefficient (Wildman–Crippen LogP) is 5.60. The smallest absolute Gasteiger partial charge is 0.322 e. The van der Waals surface area contributed by atoms with E-state index >= 15 is 0 Å². The minimum absolute atomic E-state index is 0.0706. The van der Waals surface area contributed by atoms with Gasteiger partial charge in [-0.05, 0) is 60.7 Å². The second kappa shape index (κ2) is 10.9. The number of hydrogen-bond donors (Lipinski definition) is 1. The van der Waals surface area contributed by atoms with E-state index in [9.17, 15) is 14.0 Å². The molecule has 4 rings (SSSR count). The average Bonchev–Trinajstić information content (AvgIpc) is 3.30. The Bertz CT molecular complexity index is 1170. The van der Waals surface area contributed by atoms with Crippen molar-refractivity contribution in [1.82, 2.24) is 9.80 Å². The van der Waals surface area contributed by atoms with Gasteiger partial charge in [0.1, 0.15) is 24.7 Å². The molecule has 9 heteroatoms. The third-order valence-corrected chi connectivity index (χ3v) is 6.92. The quantitative estimate of drug-likeness (QED) is 0.458. The fourth-order valence-electron chi connectivity index (χ4n) is 3.96. The van der Waals surface area contributed by atoms with Crippen LogP contribution in [0.4, 0.5) is 14.9 Å². The Morgan fingerprint density at radius 3 is 2.82 bits per heavy atom. The van der Waals surface area contributed by atoms with Gasteiger partial charge >= 0.3 is 6.03 Å². The van der Waals surface area contributed by atoms with Crippen molar-refractivity contribution in [3.05, 3.63) is 81.3 Å². The molecule has 34 heavy (non-hydrogen) atoms. The molecule has 0 saturated carbocycles. The van der Waals surface area contributed by atoms with E-state index in [0.29, 0.717) is 29.5 Å². The number of amides is 3. The highest BCUT2D eigenvalue weighted by Crippen LogP contribution is 2.34. The molecule has 1 aliphatic rings. The lowest BCUT2D eigenvalue weighted by Crippen LogP contribution is -2.48. The number of carbonyl (C=O) groups is 2. The standard InChI is InChI=1S/C25H25ClFN3O3S/c1-2-29(25(32)28-19-7-3-5-17(26)13-19)15-24(31)30-11-9-23-21(10-12-34-23)22(30)16-33-20-8-4-6-18(27)14-20/h3-8,10,12-14,22H,2,9,11,15-16H2,1H3,(H,28,32). The summed E-state index contributed by atoms with van der Waals surface area (Å²) in [6.07, 6.45) is 0.746. The molecular formula is C25H25ClFN3O3S. The monoisotopic (exact) mass is 501 g/mol. The van der Waals surface area contributed by atoms with E-state index in [2.05, 4.69) is 5.32 Å². The predicted molar refractivity (Wildman–Crippen MR) is 132 cm³/mol. The molecule has 0 spiro atoms. The highest BCUT2D eigenvalue weighted by Gasteiger charge is 2.33. The summed E-state index contributed by atoms with van der Waals surface area (Å²) >= 11 is 7.65. The first kappa shape index (κ1) is 24.0. The van der Waals surface area contributed by atoms with Gasteiger partial charge in [0.25, 0.3) is 0 Å². The molecule has 3 amide bonds. The van der Waals surface area contributed by atoms with Gasteiger partial charge in [-0.2, -0.15) is 0 Å². The highest BCUT2D eigenvalue weighted by atomic mass is 35.5. The summed E-state index contributed by atoms with van der Waals surface area (Å²) in [5.74, 6) is -0.145. The molecule has 178 valence electrons. The number of urea groups is 1. The molecule has 6 nitrogen and oxygen atoms in total. The van der Waals surface area contributed by atoms with Crippen molar-refractivity contribution in [3.63, 3.8) is 0 Å². The second-order valence-corrected chi connectivity index (χ2v) is 9.31. The number of anilines is 1. The van der Waals surface area contributed by atoms with Crippen molar-refractivity contribution in [3.8, 4) is 5.75 Å². The molecule has 2 aromatic carbocycles. The maximum atomic E-state index is 13.6. The van der Waals surface area contributed by atoms with E-state index in [1.165, 1.54) is 21.9 Å². The van der Waals surface area contributed by atoms with Gasteiger partial charge < -0.3 is 19.9 Å². The van der Waals surface area contributed by atoms with Crippen molar-refractivity contribution in [2.24, 2.45) is 0 Å². The molecule has 1 atom stereocenters. The fraction of sp³-hybridized carbons (Fsp3) is 0.280. The van der Waals surface area contributed by atoms with Crippen LogP contribution >= 0.6 is 22.9 Å². The van der Waals surface area contributed by atoms with Gasteiger partial charge in [0.15, 0.2) is 0 Å². The van der Waals surface area contributed by atoms with E-state index in [0.717, 1.165) is 12.0 Å². The zero-order valence-corrected chi connectivity index (χ0v) is 20.2. The van der Waals surface area contributed by atoms with Crippen LogP contribution in [0, 0.1) is 5.82 Å². The third-order valence-electron chi connectivity index (χ3n) is 5.69. The first-order valence-corrected chi connectivity index (χ1v) is 12.3. The van der Waals surface area contributed by atoms with Crippen LogP contribution in [0.15, 0.2) is 60.0 Å². The molecule has 1 aliphatic heterocycles. The zero-order chi connectivity index (χ0) is 24.1. The van der Waals surface area contributed by atoms with Crippen molar-refractivity contribution in [2.75, 3.05) is 31.6 Å². The largest absolute Gasteiger partial charge is 0.491 e. The molecule has 0 radical (unpaired) electrons. The Morgan fingerprint density at radius 1 is 1.24 bits per heavy atom. The fourth-order valence-corrected chi connectivity index (χ4v) is 5.08. The van der Waals surface area contributed by atoms with Crippen LogP contribution in [0.5, 0.6) is 5.75 Å². The van der Waals surface area contributed by atoms with Crippen LogP contribution in [-0.4, -0.2) is 48.0 Å². The molecule has 1 unspecified atom stereocenters. The van der Waals surface area contributed by atoms with Crippen LogP contribution in [0.3, 0.4) is 0 Å². The van der Waals surface area contributed by atoms with Gasteiger partial charge in [-0.1, -0.05) is 23.7 Å². The van der Waals surface area contributed by atoms with Crippen LogP contribution < -0.4 is 10.1 Å². The summed E-state index contributed by atoms with van der Waals surface area (Å²) in [6, 6.07) is 14.1. The first-order chi connectivity index (χ1) is 16.4. The number of likely N-dealkylation sites (N-methyl/N-ethyl adjacent to an activating group) is 1. The van der Waals surface area contributed by atoms with Crippen LogP contribution in [0.1, 0.15) is 23.4 Å². The van der Waals surface area contributed by atoms with Crippen LogP contribution in [-0.2, 0) is 11.2 Å². The molecule has 2 heterocycles. The summed E-state index contributed by atoms with van der Waals surface area (Å²) in [5, 5.41) is 5.31. The van der Waals surface area contributed by atoms with Crippen molar-refractivity contribution >= 4 is 40.6 Å². The van der Waals surface area contributed by atoms with E-state index < -0.39 is 0 Å². The van der Waals surface area contributed by atoms with Gasteiger partial charge in [0.2, 0.25) is 5.91 Å². The lowest BCUT2D eigenvalue weighted by molar-refractivity contribution is -0.135. The summed E-state index contributed by atoms with van der Waals surface area (Å²) in [7, 11) is 0. The molecule has 3 aromatic rings. The third kappa shape index (κ3) is 5.69. The number of thiophene rings is 1. The number of nitrogens with one attached hydrogen (secondary N) is 1. The maximum absolute atomic E-state index is 13.6. The number of ether oxygens (including phenoxy) is 1. The van der Waals surface area contributed by atoms with Crippen molar-refractivity contribution < 1.29 is 18.7 Å². The van der Waals surface area contributed by atoms with E-state index in [4.69, 9.17) is 16.3 Å². The van der Waals surface area contributed by atoms with Gasteiger partial charge in [-0.15, -0.1) is 11.3 Å². The van der Waals surface area contributed by atoms with E-state index in [1.807, 2.05) is 18.4 Å². The number of fused-ring (bicyclic) bond motifs is 1. The number of nitrogens with zero attached hydrogens (tertiary/aromatic N) is 2. The molecular weight excluding hydrogens is 477 g/mol. The average molecular weight is 502 g/mol. The summed E-state index contributed by atoms with van der Waals surface area (Å²) in [5.41, 5.74) is 1.60. The number of carbonyl (C=O) groups excluding carboxylic acids is 2. The second-order valence-electron chi connectivity index (χ2n) is 7.88. The minimum atomic E-state index is -0.380. The minimum Gasteiger partial charge on any atom is -0.491 e. The zero-order valence-electron chi connectivity index (χ0n) is 18.7. The number of halogens is 2. The Kier molecular flexibility index (Phi) is 7.70. The van der Waals surface area contributed by atoms with Crippen molar-refractivity contribution in [2.45, 2.75) is 19.4 Å². The van der Waals surface area contributed by atoms with Crippen LogP contribution in [0.2, 0.25) is 5.02 Å². The normalized spacial score (nSPS) is 14.9. The number of hydrogen-bond acceptors (Lipinski definition) is 4. The van der Waals surface area contributed by atoms with Gasteiger partial charge in [0.05, 0.1) is 6.04 Å². The van der Waals surface area contributed by atoms with E-state index in [1.54, 1.807) is 52.6 Å². The van der Waals surface area contributed by atoms with Crippen molar-refractivity contribution in [1.29, 1.82) is 0 Å².